The monoisotopic (exact) mass is 347 g/mol. The highest BCUT2D eigenvalue weighted by Gasteiger charge is 2.25. The lowest BCUT2D eigenvalue weighted by atomic mass is 10.0. The van der Waals surface area contributed by atoms with E-state index in [9.17, 15) is 14.7 Å². The van der Waals surface area contributed by atoms with Crippen LogP contribution in [-0.4, -0.2) is 16.8 Å². The number of amides is 1. The highest BCUT2D eigenvalue weighted by atomic mass is 35.5. The Morgan fingerprint density at radius 1 is 1.17 bits per heavy atom. The van der Waals surface area contributed by atoms with E-state index in [0.717, 1.165) is 0 Å². The van der Waals surface area contributed by atoms with Crippen molar-refractivity contribution in [3.05, 3.63) is 57.1 Å². The van der Waals surface area contributed by atoms with Gasteiger partial charge in [0.1, 0.15) is 0 Å². The van der Waals surface area contributed by atoms with Gasteiger partial charge in [-0.1, -0.05) is 23.2 Å². The molecule has 2 aromatic carbocycles. The Bertz CT molecular complexity index is 864. The number of anilines is 1. The second-order valence-corrected chi connectivity index (χ2v) is 5.98. The van der Waals surface area contributed by atoms with Crippen molar-refractivity contribution in [2.24, 2.45) is 0 Å². The minimum atomic E-state index is -0.277. The van der Waals surface area contributed by atoms with Crippen LogP contribution < -0.4 is 5.32 Å². The number of rotatable bonds is 2. The molecule has 0 radical (unpaired) electrons. The molecule has 1 heterocycles. The smallest absolute Gasteiger partial charge is 0.256 e. The molecule has 116 valence electrons. The zero-order valence-corrected chi connectivity index (χ0v) is 13.5. The molecule has 0 fully saturated rings. The summed E-state index contributed by atoms with van der Waals surface area (Å²) in [6.45, 7) is 1.47. The predicted octanol–water partition coefficient (Wildman–Crippen LogP) is 4.39. The molecule has 0 aromatic heterocycles. The van der Waals surface area contributed by atoms with Crippen LogP contribution in [0.5, 0.6) is 5.75 Å². The van der Waals surface area contributed by atoms with Crippen LogP contribution in [0.1, 0.15) is 28.4 Å². The number of Topliss-reactive ketones (excluding diaryl/α,β-unsaturated/α-hetero) is 1. The van der Waals surface area contributed by atoms with Crippen molar-refractivity contribution in [3.8, 4) is 5.75 Å². The molecule has 1 amide bonds. The minimum absolute atomic E-state index is 0.0813. The van der Waals surface area contributed by atoms with Crippen molar-refractivity contribution >= 4 is 52.2 Å². The molecule has 4 nitrogen and oxygen atoms in total. The third-order valence-corrected chi connectivity index (χ3v) is 4.14. The fraction of sp³-hybridized carbons (Fsp3) is 0.0588. The van der Waals surface area contributed by atoms with Gasteiger partial charge in [0.15, 0.2) is 11.5 Å². The van der Waals surface area contributed by atoms with Gasteiger partial charge >= 0.3 is 0 Å². The van der Waals surface area contributed by atoms with Gasteiger partial charge in [-0.05, 0) is 48.9 Å². The summed E-state index contributed by atoms with van der Waals surface area (Å²) in [4.78, 5) is 23.7. The molecule has 0 bridgehead atoms. The maximum atomic E-state index is 12.2. The molecule has 0 saturated heterocycles. The number of carbonyl (C=O) groups excluding carboxylic acids is 2. The van der Waals surface area contributed by atoms with E-state index < -0.39 is 0 Å². The number of halogens is 2. The summed E-state index contributed by atoms with van der Waals surface area (Å²) < 4.78 is 0. The molecule has 6 heteroatoms. The molecule has 23 heavy (non-hydrogen) atoms. The van der Waals surface area contributed by atoms with Crippen LogP contribution >= 0.6 is 23.2 Å². The normalized spacial score (nSPS) is 14.7. The Labute approximate surface area is 142 Å². The van der Waals surface area contributed by atoms with E-state index >= 15 is 0 Å². The Balaban J connectivity index is 2.13. The quantitative estimate of drug-likeness (QED) is 0.625. The largest absolute Gasteiger partial charge is 0.505 e. The van der Waals surface area contributed by atoms with E-state index in [0.29, 0.717) is 28.0 Å². The summed E-state index contributed by atoms with van der Waals surface area (Å²) in [6, 6.07) is 8.05. The van der Waals surface area contributed by atoms with Crippen molar-refractivity contribution in [2.45, 2.75) is 6.92 Å². The first-order chi connectivity index (χ1) is 10.9. The average molecular weight is 348 g/mol. The zero-order chi connectivity index (χ0) is 16.7. The SMILES string of the molecule is CC(=O)c1ccc2c(c1)/C(=C/c1cc(Cl)c(O)c(Cl)c1)C(=O)N2. The van der Waals surface area contributed by atoms with Crippen molar-refractivity contribution in [1.29, 1.82) is 0 Å². The number of phenols is 1. The number of ketones is 1. The van der Waals surface area contributed by atoms with Crippen LogP contribution in [0, 0.1) is 0 Å². The number of fused-ring (bicyclic) bond motifs is 1. The van der Waals surface area contributed by atoms with Gasteiger partial charge in [0, 0.05) is 22.4 Å². The fourth-order valence-electron chi connectivity index (χ4n) is 2.39. The molecular weight excluding hydrogens is 337 g/mol. The molecule has 3 rings (SSSR count). The van der Waals surface area contributed by atoms with E-state index in [1.54, 1.807) is 24.3 Å². The summed E-state index contributed by atoms with van der Waals surface area (Å²) in [5, 5.41) is 12.5. The molecule has 1 aliphatic heterocycles. The number of hydrogen-bond donors (Lipinski definition) is 2. The van der Waals surface area contributed by atoms with Gasteiger partial charge in [-0.15, -0.1) is 0 Å². The van der Waals surface area contributed by atoms with Crippen molar-refractivity contribution in [3.63, 3.8) is 0 Å². The summed E-state index contributed by atoms with van der Waals surface area (Å²) in [5.74, 6) is -0.561. The number of aromatic hydroxyl groups is 1. The van der Waals surface area contributed by atoms with Crippen LogP contribution in [0.15, 0.2) is 30.3 Å². The highest BCUT2D eigenvalue weighted by molar-refractivity contribution is 6.38. The Hall–Kier alpha value is -2.30. The first-order valence-corrected chi connectivity index (χ1v) is 7.49. The predicted molar refractivity (Wildman–Crippen MR) is 91.1 cm³/mol. The number of hydrogen-bond acceptors (Lipinski definition) is 3. The lowest BCUT2D eigenvalue weighted by Gasteiger charge is -2.04. The molecule has 2 N–H and O–H groups in total. The first kappa shape index (κ1) is 15.6. The fourth-order valence-corrected chi connectivity index (χ4v) is 2.89. The molecule has 0 aliphatic carbocycles. The van der Waals surface area contributed by atoms with Gasteiger partial charge in [0.25, 0.3) is 5.91 Å². The first-order valence-electron chi connectivity index (χ1n) is 6.73. The van der Waals surface area contributed by atoms with Crippen LogP contribution in [-0.2, 0) is 4.79 Å². The van der Waals surface area contributed by atoms with E-state index in [2.05, 4.69) is 5.32 Å². The zero-order valence-electron chi connectivity index (χ0n) is 12.0. The maximum absolute atomic E-state index is 12.2. The Morgan fingerprint density at radius 2 is 1.83 bits per heavy atom. The van der Waals surface area contributed by atoms with Crippen LogP contribution in [0.25, 0.3) is 11.6 Å². The van der Waals surface area contributed by atoms with Gasteiger partial charge in [0.2, 0.25) is 0 Å². The Morgan fingerprint density at radius 3 is 2.43 bits per heavy atom. The highest BCUT2D eigenvalue weighted by Crippen LogP contribution is 2.37. The molecule has 0 atom stereocenters. The average Bonchev–Trinajstić information content (AvgIpc) is 2.80. The molecule has 0 unspecified atom stereocenters. The van der Waals surface area contributed by atoms with E-state index in [-0.39, 0.29) is 27.5 Å². The number of carbonyl (C=O) groups is 2. The van der Waals surface area contributed by atoms with Crippen LogP contribution in [0.3, 0.4) is 0 Å². The van der Waals surface area contributed by atoms with Gasteiger partial charge in [0.05, 0.1) is 10.0 Å². The van der Waals surface area contributed by atoms with Crippen molar-refractivity contribution in [1.82, 2.24) is 0 Å². The van der Waals surface area contributed by atoms with E-state index in [1.165, 1.54) is 19.1 Å². The molecule has 1 aliphatic rings. The molecular formula is C17H11Cl2NO3. The molecule has 0 saturated carbocycles. The standard InChI is InChI=1S/C17H11Cl2NO3/c1-8(21)10-2-3-15-11(7-10)12(17(23)20-15)4-9-5-13(18)16(22)14(19)6-9/h2-7,22H,1H3,(H,20,23)/b12-4-. The van der Waals surface area contributed by atoms with Crippen molar-refractivity contribution < 1.29 is 14.7 Å². The van der Waals surface area contributed by atoms with Gasteiger partial charge in [-0.3, -0.25) is 9.59 Å². The van der Waals surface area contributed by atoms with Crippen LogP contribution in [0.2, 0.25) is 10.0 Å². The number of phenolic OH excluding ortho intramolecular Hbond substituents is 1. The Kier molecular flexibility index (Phi) is 3.88. The third-order valence-electron chi connectivity index (χ3n) is 3.56. The van der Waals surface area contributed by atoms with Crippen molar-refractivity contribution in [2.75, 3.05) is 5.32 Å². The topological polar surface area (TPSA) is 66.4 Å². The number of nitrogens with one attached hydrogen (secondary N) is 1. The minimum Gasteiger partial charge on any atom is -0.505 e. The number of benzene rings is 2. The summed E-state index contributed by atoms with van der Waals surface area (Å²) in [7, 11) is 0. The summed E-state index contributed by atoms with van der Waals surface area (Å²) in [5.41, 5.74) is 2.78. The van der Waals surface area contributed by atoms with E-state index in [1.807, 2.05) is 0 Å². The molecule has 0 spiro atoms. The van der Waals surface area contributed by atoms with Crippen LogP contribution in [0.4, 0.5) is 5.69 Å². The van der Waals surface area contributed by atoms with Gasteiger partial charge < -0.3 is 10.4 Å². The third kappa shape index (κ3) is 2.83. The summed E-state index contributed by atoms with van der Waals surface area (Å²) >= 11 is 11.8. The second-order valence-electron chi connectivity index (χ2n) is 5.16. The van der Waals surface area contributed by atoms with Gasteiger partial charge in [-0.2, -0.15) is 0 Å². The lowest BCUT2D eigenvalue weighted by Crippen LogP contribution is -2.03. The summed E-state index contributed by atoms with van der Waals surface area (Å²) in [6.07, 6.45) is 1.61. The second kappa shape index (κ2) is 5.72. The molecule has 2 aromatic rings. The van der Waals surface area contributed by atoms with Gasteiger partial charge in [-0.25, -0.2) is 0 Å². The lowest BCUT2D eigenvalue weighted by molar-refractivity contribution is -0.110. The maximum Gasteiger partial charge on any atom is 0.256 e. The van der Waals surface area contributed by atoms with E-state index in [4.69, 9.17) is 23.2 Å².